The lowest BCUT2D eigenvalue weighted by atomic mass is 10.1. The minimum Gasteiger partial charge on any atom is -0.390 e. The van der Waals surface area contributed by atoms with Crippen molar-refractivity contribution in [3.63, 3.8) is 0 Å². The Bertz CT molecular complexity index is 392. The predicted octanol–water partition coefficient (Wildman–Crippen LogP) is 0.279. The van der Waals surface area contributed by atoms with Crippen LogP contribution in [0.25, 0.3) is 10.4 Å². The highest BCUT2D eigenvalue weighted by atomic mass is 16.3. The lowest BCUT2D eigenvalue weighted by Gasteiger charge is -2.15. The average Bonchev–Trinajstić information content (AvgIpc) is 2.35. The number of aromatic nitrogens is 1. The summed E-state index contributed by atoms with van der Waals surface area (Å²) in [4.78, 5) is 6.40. The van der Waals surface area contributed by atoms with Gasteiger partial charge in [0.15, 0.2) is 0 Å². The first-order valence-corrected chi connectivity index (χ1v) is 4.62. The van der Waals surface area contributed by atoms with Crippen LogP contribution in [0.15, 0.2) is 23.3 Å². The van der Waals surface area contributed by atoms with Gasteiger partial charge in [0.2, 0.25) is 0 Å². The topological polar surface area (TPSA) is 122 Å². The van der Waals surface area contributed by atoms with E-state index >= 15 is 0 Å². The van der Waals surface area contributed by atoms with Crippen LogP contribution in [0, 0.1) is 0 Å². The Morgan fingerprint density at radius 3 is 2.81 bits per heavy atom. The van der Waals surface area contributed by atoms with E-state index in [1.807, 2.05) is 0 Å². The van der Waals surface area contributed by atoms with Gasteiger partial charge in [0, 0.05) is 4.91 Å². The number of hydrogen-bond acceptors (Lipinski definition) is 5. The van der Waals surface area contributed by atoms with E-state index in [9.17, 15) is 10.2 Å². The molecule has 0 fully saturated rings. The first kappa shape index (κ1) is 12.4. The Kier molecular flexibility index (Phi) is 4.68. The quantitative estimate of drug-likeness (QED) is 0.377. The fourth-order valence-corrected chi connectivity index (χ4v) is 1.17. The molecule has 0 aromatic carbocycles. The minimum atomic E-state index is -1.24. The van der Waals surface area contributed by atoms with Gasteiger partial charge < -0.3 is 15.3 Å². The molecular weight excluding hydrogens is 212 g/mol. The summed E-state index contributed by atoms with van der Waals surface area (Å²) in [6, 6.07) is 4.72. The van der Waals surface area contributed by atoms with E-state index in [0.29, 0.717) is 5.69 Å². The second-order valence-electron chi connectivity index (χ2n) is 3.14. The van der Waals surface area contributed by atoms with Crippen LogP contribution in [-0.4, -0.2) is 33.0 Å². The first-order valence-electron chi connectivity index (χ1n) is 4.62. The van der Waals surface area contributed by atoms with Crippen molar-refractivity contribution in [2.45, 2.75) is 18.8 Å². The van der Waals surface area contributed by atoms with Gasteiger partial charge >= 0.3 is 0 Å². The third-order valence-electron chi connectivity index (χ3n) is 1.99. The Labute approximate surface area is 91.6 Å². The third-order valence-corrected chi connectivity index (χ3v) is 1.99. The molecule has 16 heavy (non-hydrogen) atoms. The molecule has 0 spiro atoms. The minimum absolute atomic E-state index is 0.229. The number of aliphatic hydroxyl groups is 3. The van der Waals surface area contributed by atoms with Gasteiger partial charge in [-0.25, -0.2) is 0 Å². The molecule has 2 atom stereocenters. The molecular formula is C9H12N4O3. The summed E-state index contributed by atoms with van der Waals surface area (Å²) < 4.78 is 0. The fraction of sp³-hybridized carbons (Fsp3) is 0.444. The molecule has 7 heteroatoms. The second kappa shape index (κ2) is 6.04. The Morgan fingerprint density at radius 2 is 2.19 bits per heavy atom. The molecule has 0 amide bonds. The van der Waals surface area contributed by atoms with E-state index in [4.69, 9.17) is 10.6 Å². The monoisotopic (exact) mass is 224 g/mol. The van der Waals surface area contributed by atoms with E-state index < -0.39 is 12.2 Å². The molecule has 0 aliphatic heterocycles. The molecule has 0 aliphatic rings. The van der Waals surface area contributed by atoms with Crippen LogP contribution in [0.4, 0.5) is 0 Å². The molecule has 0 bridgehead atoms. The zero-order valence-electron chi connectivity index (χ0n) is 8.43. The normalized spacial score (nSPS) is 13.9. The van der Waals surface area contributed by atoms with Crippen LogP contribution >= 0.6 is 0 Å². The van der Waals surface area contributed by atoms with Crippen molar-refractivity contribution in [1.29, 1.82) is 0 Å². The van der Waals surface area contributed by atoms with Gasteiger partial charge in [-0.1, -0.05) is 11.2 Å². The van der Waals surface area contributed by atoms with Crippen LogP contribution in [0.2, 0.25) is 0 Å². The van der Waals surface area contributed by atoms with E-state index in [1.165, 1.54) is 6.07 Å². The highest BCUT2D eigenvalue weighted by Crippen LogP contribution is 2.15. The van der Waals surface area contributed by atoms with Crippen LogP contribution < -0.4 is 0 Å². The molecule has 2 unspecified atom stereocenters. The van der Waals surface area contributed by atoms with Gasteiger partial charge in [-0.3, -0.25) is 4.98 Å². The standard InChI is InChI=1S/C9H12N4O3/c10-13-11-4-8(15)9(16)7-3-1-2-6(5-14)12-7/h1-3,8-9,14-16H,4-5H2. The van der Waals surface area contributed by atoms with Crippen molar-refractivity contribution in [1.82, 2.24) is 4.98 Å². The number of aliphatic hydroxyl groups excluding tert-OH is 3. The average molecular weight is 224 g/mol. The molecule has 1 heterocycles. The number of azide groups is 1. The highest BCUT2D eigenvalue weighted by Gasteiger charge is 2.18. The molecule has 0 aliphatic carbocycles. The zero-order chi connectivity index (χ0) is 12.0. The van der Waals surface area contributed by atoms with Crippen LogP contribution in [-0.2, 0) is 6.61 Å². The molecule has 86 valence electrons. The number of nitrogens with zero attached hydrogens (tertiary/aromatic N) is 4. The van der Waals surface area contributed by atoms with Crippen molar-refractivity contribution in [3.05, 3.63) is 40.0 Å². The maximum atomic E-state index is 9.66. The molecule has 1 aromatic rings. The van der Waals surface area contributed by atoms with E-state index in [2.05, 4.69) is 15.0 Å². The number of hydrogen-bond donors (Lipinski definition) is 3. The summed E-state index contributed by atoms with van der Waals surface area (Å²) in [6.45, 7) is -0.476. The van der Waals surface area contributed by atoms with Gasteiger partial charge in [-0.15, -0.1) is 0 Å². The maximum absolute atomic E-state index is 9.66. The lowest BCUT2D eigenvalue weighted by molar-refractivity contribution is 0.0215. The molecule has 0 radical (unpaired) electrons. The lowest BCUT2D eigenvalue weighted by Crippen LogP contribution is -2.22. The third kappa shape index (κ3) is 3.18. The van der Waals surface area contributed by atoms with Crippen molar-refractivity contribution in [2.24, 2.45) is 5.11 Å². The molecule has 1 rings (SSSR count). The highest BCUT2D eigenvalue weighted by molar-refractivity contribution is 5.13. The van der Waals surface area contributed by atoms with Crippen LogP contribution in [0.3, 0.4) is 0 Å². The van der Waals surface area contributed by atoms with Gasteiger partial charge in [0.05, 0.1) is 30.6 Å². The zero-order valence-corrected chi connectivity index (χ0v) is 8.43. The SMILES string of the molecule is [N-]=[N+]=NCC(O)C(O)c1cccc(CO)n1. The summed E-state index contributed by atoms with van der Waals surface area (Å²) >= 11 is 0. The molecule has 1 aromatic heterocycles. The number of rotatable bonds is 5. The van der Waals surface area contributed by atoms with Crippen LogP contribution in [0.1, 0.15) is 17.5 Å². The fourth-order valence-electron chi connectivity index (χ4n) is 1.17. The van der Waals surface area contributed by atoms with Crippen molar-refractivity contribution in [3.8, 4) is 0 Å². The first-order chi connectivity index (χ1) is 7.69. The van der Waals surface area contributed by atoms with E-state index in [1.54, 1.807) is 12.1 Å². The Hall–Kier alpha value is -1.66. The molecule has 0 saturated heterocycles. The second-order valence-corrected chi connectivity index (χ2v) is 3.14. The summed E-state index contributed by atoms with van der Waals surface area (Å²) in [5, 5.41) is 31.1. The Balaban J connectivity index is 2.78. The summed E-state index contributed by atoms with van der Waals surface area (Å²) in [5.74, 6) is 0. The van der Waals surface area contributed by atoms with Gasteiger partial charge in [-0.2, -0.15) is 0 Å². The Morgan fingerprint density at radius 1 is 1.44 bits per heavy atom. The van der Waals surface area contributed by atoms with Crippen molar-refractivity contribution in [2.75, 3.05) is 6.54 Å². The predicted molar refractivity (Wildman–Crippen MR) is 55.1 cm³/mol. The van der Waals surface area contributed by atoms with Crippen molar-refractivity contribution < 1.29 is 15.3 Å². The summed E-state index contributed by atoms with van der Waals surface area (Å²) in [5.41, 5.74) is 8.69. The van der Waals surface area contributed by atoms with E-state index in [0.717, 1.165) is 0 Å². The number of pyridine rings is 1. The summed E-state index contributed by atoms with van der Waals surface area (Å²) in [7, 11) is 0. The largest absolute Gasteiger partial charge is 0.390 e. The van der Waals surface area contributed by atoms with Gasteiger partial charge in [-0.05, 0) is 17.7 Å². The summed E-state index contributed by atoms with van der Waals surface area (Å²) in [6.07, 6.45) is -2.45. The van der Waals surface area contributed by atoms with Gasteiger partial charge in [0.1, 0.15) is 6.10 Å². The molecule has 7 nitrogen and oxygen atoms in total. The van der Waals surface area contributed by atoms with Gasteiger partial charge in [0.25, 0.3) is 0 Å². The molecule has 3 N–H and O–H groups in total. The van der Waals surface area contributed by atoms with Crippen molar-refractivity contribution >= 4 is 0 Å². The molecule has 0 saturated carbocycles. The van der Waals surface area contributed by atoms with E-state index in [-0.39, 0.29) is 18.8 Å². The maximum Gasteiger partial charge on any atom is 0.122 e. The van der Waals surface area contributed by atoms with Crippen LogP contribution in [0.5, 0.6) is 0 Å². The smallest absolute Gasteiger partial charge is 0.122 e.